The zero-order valence-electron chi connectivity index (χ0n) is 14.8. The van der Waals surface area contributed by atoms with Crippen molar-refractivity contribution in [2.24, 2.45) is 0 Å². The Kier molecular flexibility index (Phi) is 5.41. The van der Waals surface area contributed by atoms with Crippen LogP contribution in [0.4, 0.5) is 4.39 Å². The number of furan rings is 1. The summed E-state index contributed by atoms with van der Waals surface area (Å²) in [6.45, 7) is 0.540. The maximum absolute atomic E-state index is 13.4. The van der Waals surface area contributed by atoms with Crippen LogP contribution in [0.1, 0.15) is 11.3 Å². The van der Waals surface area contributed by atoms with Crippen molar-refractivity contribution >= 4 is 40.3 Å². The Morgan fingerprint density at radius 3 is 2.68 bits per heavy atom. The molecule has 6 heteroatoms. The van der Waals surface area contributed by atoms with Crippen LogP contribution in [0.25, 0.3) is 17.4 Å². The van der Waals surface area contributed by atoms with Gasteiger partial charge in [0, 0.05) is 18.2 Å². The van der Waals surface area contributed by atoms with E-state index in [0.29, 0.717) is 32.9 Å². The van der Waals surface area contributed by atoms with Crippen molar-refractivity contribution in [2.75, 3.05) is 6.54 Å². The standard InChI is InChI=1S/C22H16FNO2S2/c23-17-8-4-7-16(13-17)19-10-9-18(26-19)14-20-21(25)24(22(27)28-20)12-11-15-5-2-1-3-6-15/h1-10,13-14H,11-12H2. The van der Waals surface area contributed by atoms with Crippen molar-refractivity contribution in [3.63, 3.8) is 0 Å². The van der Waals surface area contributed by atoms with Crippen LogP contribution < -0.4 is 0 Å². The zero-order valence-corrected chi connectivity index (χ0v) is 16.4. The molecule has 3 nitrogen and oxygen atoms in total. The Morgan fingerprint density at radius 2 is 1.89 bits per heavy atom. The third-order valence-corrected chi connectivity index (χ3v) is 5.73. The van der Waals surface area contributed by atoms with E-state index in [2.05, 4.69) is 0 Å². The van der Waals surface area contributed by atoms with Gasteiger partial charge in [-0.2, -0.15) is 0 Å². The number of hydrogen-bond donors (Lipinski definition) is 0. The van der Waals surface area contributed by atoms with E-state index >= 15 is 0 Å². The zero-order chi connectivity index (χ0) is 19.5. The predicted octanol–water partition coefficient (Wildman–Crippen LogP) is 5.53. The molecule has 0 spiro atoms. The highest BCUT2D eigenvalue weighted by Gasteiger charge is 2.31. The fraction of sp³-hybridized carbons (Fsp3) is 0.0909. The number of benzene rings is 2. The number of rotatable bonds is 5. The predicted molar refractivity (Wildman–Crippen MR) is 114 cm³/mol. The summed E-state index contributed by atoms with van der Waals surface area (Å²) in [5.41, 5.74) is 1.81. The van der Waals surface area contributed by atoms with Crippen molar-refractivity contribution in [2.45, 2.75) is 6.42 Å². The van der Waals surface area contributed by atoms with Gasteiger partial charge in [0.05, 0.1) is 4.91 Å². The van der Waals surface area contributed by atoms with E-state index in [1.807, 2.05) is 30.3 Å². The second-order valence-corrected chi connectivity index (χ2v) is 7.96. The van der Waals surface area contributed by atoms with Crippen LogP contribution in [0.5, 0.6) is 0 Å². The lowest BCUT2D eigenvalue weighted by Gasteiger charge is -2.14. The fourth-order valence-corrected chi connectivity index (χ4v) is 4.22. The maximum Gasteiger partial charge on any atom is 0.266 e. The first-order valence-electron chi connectivity index (χ1n) is 8.75. The molecule has 1 amide bonds. The topological polar surface area (TPSA) is 33.5 Å². The van der Waals surface area contributed by atoms with Crippen LogP contribution in [-0.4, -0.2) is 21.7 Å². The highest BCUT2D eigenvalue weighted by atomic mass is 32.2. The lowest BCUT2D eigenvalue weighted by molar-refractivity contribution is -0.122. The summed E-state index contributed by atoms with van der Waals surface area (Å²) < 4.78 is 19.7. The van der Waals surface area contributed by atoms with E-state index < -0.39 is 0 Å². The summed E-state index contributed by atoms with van der Waals surface area (Å²) >= 11 is 6.65. The van der Waals surface area contributed by atoms with Gasteiger partial charge >= 0.3 is 0 Å². The van der Waals surface area contributed by atoms with E-state index in [-0.39, 0.29) is 11.7 Å². The molecule has 1 aliphatic heterocycles. The average molecular weight is 410 g/mol. The van der Waals surface area contributed by atoms with Gasteiger partial charge in [-0.3, -0.25) is 9.69 Å². The highest BCUT2D eigenvalue weighted by Crippen LogP contribution is 2.33. The molecule has 4 rings (SSSR count). The quantitative estimate of drug-likeness (QED) is 0.410. The van der Waals surface area contributed by atoms with Gasteiger partial charge < -0.3 is 4.42 Å². The summed E-state index contributed by atoms with van der Waals surface area (Å²) in [6, 6.07) is 19.7. The normalized spacial score (nSPS) is 15.6. The Labute approximate surface area is 171 Å². The number of carbonyl (C=O) groups is 1. The second kappa shape index (κ2) is 8.12. The van der Waals surface area contributed by atoms with Crippen molar-refractivity contribution < 1.29 is 13.6 Å². The molecule has 0 atom stereocenters. The Balaban J connectivity index is 1.48. The molecule has 0 N–H and O–H groups in total. The van der Waals surface area contributed by atoms with Crippen LogP contribution in [0.15, 0.2) is 76.1 Å². The molecule has 0 saturated carbocycles. The van der Waals surface area contributed by atoms with E-state index in [1.165, 1.54) is 23.9 Å². The van der Waals surface area contributed by atoms with E-state index in [4.69, 9.17) is 16.6 Å². The Hall–Kier alpha value is -2.70. The fourth-order valence-electron chi connectivity index (χ4n) is 2.93. The molecule has 0 aliphatic carbocycles. The monoisotopic (exact) mass is 409 g/mol. The minimum atomic E-state index is -0.324. The lowest BCUT2D eigenvalue weighted by atomic mass is 10.1. The molecule has 3 aromatic rings. The molecule has 1 fully saturated rings. The number of hydrogen-bond acceptors (Lipinski definition) is 4. The summed E-state index contributed by atoms with van der Waals surface area (Å²) in [5, 5.41) is 0. The molecule has 28 heavy (non-hydrogen) atoms. The molecular formula is C22H16FNO2S2. The molecule has 140 valence electrons. The van der Waals surface area contributed by atoms with Crippen molar-refractivity contribution in [3.05, 3.63) is 88.8 Å². The highest BCUT2D eigenvalue weighted by molar-refractivity contribution is 8.26. The summed E-state index contributed by atoms with van der Waals surface area (Å²) in [5.74, 6) is 0.637. The van der Waals surface area contributed by atoms with Gasteiger partial charge in [-0.1, -0.05) is 66.4 Å². The molecular weight excluding hydrogens is 393 g/mol. The summed E-state index contributed by atoms with van der Waals surface area (Å²) in [4.78, 5) is 14.9. The Morgan fingerprint density at radius 1 is 1.07 bits per heavy atom. The lowest BCUT2D eigenvalue weighted by Crippen LogP contribution is -2.30. The van der Waals surface area contributed by atoms with Gasteiger partial charge in [0.2, 0.25) is 0 Å². The molecule has 2 aromatic carbocycles. The van der Waals surface area contributed by atoms with E-state index in [0.717, 1.165) is 12.0 Å². The Bertz CT molecular complexity index is 1060. The van der Waals surface area contributed by atoms with Crippen LogP contribution in [-0.2, 0) is 11.2 Å². The summed E-state index contributed by atoms with van der Waals surface area (Å²) in [6.07, 6.45) is 2.43. The second-order valence-electron chi connectivity index (χ2n) is 6.28. The third-order valence-electron chi connectivity index (χ3n) is 4.35. The minimum absolute atomic E-state index is 0.116. The van der Waals surface area contributed by atoms with Gasteiger partial charge in [-0.05, 0) is 36.2 Å². The smallest absolute Gasteiger partial charge is 0.266 e. The van der Waals surface area contributed by atoms with Gasteiger partial charge in [-0.25, -0.2) is 4.39 Å². The van der Waals surface area contributed by atoms with Crippen LogP contribution in [0, 0.1) is 5.82 Å². The van der Waals surface area contributed by atoms with Crippen LogP contribution in [0.2, 0.25) is 0 Å². The molecule has 2 heterocycles. The number of carbonyl (C=O) groups excluding carboxylic acids is 1. The van der Waals surface area contributed by atoms with Gasteiger partial charge in [0.25, 0.3) is 5.91 Å². The molecule has 0 bridgehead atoms. The number of thiocarbonyl (C=S) groups is 1. The van der Waals surface area contributed by atoms with E-state index in [1.54, 1.807) is 35.2 Å². The SMILES string of the molecule is O=C1C(=Cc2ccc(-c3cccc(F)c3)o2)SC(=S)N1CCc1ccccc1. The van der Waals surface area contributed by atoms with Crippen LogP contribution >= 0.6 is 24.0 Å². The first-order chi connectivity index (χ1) is 13.6. The van der Waals surface area contributed by atoms with Gasteiger partial charge in [0.15, 0.2) is 0 Å². The average Bonchev–Trinajstić information content (AvgIpc) is 3.26. The van der Waals surface area contributed by atoms with Crippen LogP contribution in [0.3, 0.4) is 0 Å². The molecule has 1 saturated heterocycles. The van der Waals surface area contributed by atoms with E-state index in [9.17, 15) is 9.18 Å². The third kappa shape index (κ3) is 4.08. The number of thioether (sulfide) groups is 1. The molecule has 1 aromatic heterocycles. The van der Waals surface area contributed by atoms with Crippen molar-refractivity contribution in [3.8, 4) is 11.3 Å². The molecule has 1 aliphatic rings. The summed E-state index contributed by atoms with van der Waals surface area (Å²) in [7, 11) is 0. The largest absolute Gasteiger partial charge is 0.457 e. The van der Waals surface area contributed by atoms with Crippen molar-refractivity contribution in [1.82, 2.24) is 4.90 Å². The minimum Gasteiger partial charge on any atom is -0.457 e. The number of nitrogens with zero attached hydrogens (tertiary/aromatic N) is 1. The number of halogens is 1. The maximum atomic E-state index is 13.4. The van der Waals surface area contributed by atoms with Gasteiger partial charge in [0.1, 0.15) is 21.7 Å². The first kappa shape index (κ1) is 18.7. The molecule has 0 unspecified atom stereocenters. The molecule has 0 radical (unpaired) electrons. The van der Waals surface area contributed by atoms with Crippen molar-refractivity contribution in [1.29, 1.82) is 0 Å². The first-order valence-corrected chi connectivity index (χ1v) is 9.98. The number of amides is 1. The van der Waals surface area contributed by atoms with Gasteiger partial charge in [-0.15, -0.1) is 0 Å².